The summed E-state index contributed by atoms with van der Waals surface area (Å²) in [7, 11) is 0. The molecule has 0 bridgehead atoms. The number of hydrogen-bond donors (Lipinski definition) is 1. The van der Waals surface area contributed by atoms with Crippen LogP contribution in [0.5, 0.6) is 5.75 Å². The number of carbonyl (C=O) groups is 1. The first-order valence-corrected chi connectivity index (χ1v) is 10.2. The molecule has 3 aromatic rings. The van der Waals surface area contributed by atoms with Crippen LogP contribution in [0, 0.1) is 19.7 Å². The summed E-state index contributed by atoms with van der Waals surface area (Å²) in [4.78, 5) is 12.3. The monoisotopic (exact) mass is 414 g/mol. The van der Waals surface area contributed by atoms with Gasteiger partial charge in [0.05, 0.1) is 5.75 Å². The Balaban J connectivity index is 1.58. The van der Waals surface area contributed by atoms with E-state index in [0.717, 1.165) is 16.8 Å². The molecule has 0 atom stereocenters. The van der Waals surface area contributed by atoms with Gasteiger partial charge in [-0.2, -0.15) is 0 Å². The standard InChI is InChI=1S/C21H23FN4O2S/c1-4-26-19(12-28-17-8-6-16(22)7-9-17)24-25-21(26)29-13-20(27)23-18-10-5-14(2)11-15(18)3/h5-11H,4,12-13H2,1-3H3,(H,23,27). The summed E-state index contributed by atoms with van der Waals surface area (Å²) in [5, 5.41) is 11.9. The third-order valence-electron chi connectivity index (χ3n) is 4.28. The fourth-order valence-corrected chi connectivity index (χ4v) is 3.62. The summed E-state index contributed by atoms with van der Waals surface area (Å²) in [6, 6.07) is 11.7. The summed E-state index contributed by atoms with van der Waals surface area (Å²) in [5.41, 5.74) is 2.99. The molecular weight excluding hydrogens is 391 g/mol. The van der Waals surface area contributed by atoms with Crippen LogP contribution in [-0.2, 0) is 17.9 Å². The van der Waals surface area contributed by atoms with E-state index in [1.54, 1.807) is 12.1 Å². The number of ether oxygens (including phenoxy) is 1. The van der Waals surface area contributed by atoms with Crippen molar-refractivity contribution in [1.82, 2.24) is 14.8 Å². The topological polar surface area (TPSA) is 69.0 Å². The van der Waals surface area contributed by atoms with Crippen LogP contribution in [0.25, 0.3) is 0 Å². The largest absolute Gasteiger partial charge is 0.486 e. The summed E-state index contributed by atoms with van der Waals surface area (Å²) in [6.07, 6.45) is 0. The van der Waals surface area contributed by atoms with Gasteiger partial charge in [-0.05, 0) is 56.7 Å². The van der Waals surface area contributed by atoms with E-state index in [1.807, 2.05) is 43.5 Å². The number of rotatable bonds is 8. The van der Waals surface area contributed by atoms with Gasteiger partial charge in [-0.25, -0.2) is 4.39 Å². The number of hydrogen-bond acceptors (Lipinski definition) is 5. The lowest BCUT2D eigenvalue weighted by atomic mass is 10.1. The first-order valence-electron chi connectivity index (χ1n) is 9.26. The van der Waals surface area contributed by atoms with Gasteiger partial charge in [-0.1, -0.05) is 29.5 Å². The van der Waals surface area contributed by atoms with Gasteiger partial charge < -0.3 is 14.6 Å². The summed E-state index contributed by atoms with van der Waals surface area (Å²) in [6.45, 7) is 6.82. The summed E-state index contributed by atoms with van der Waals surface area (Å²) in [5.74, 6) is 1.02. The molecule has 1 aromatic heterocycles. The third kappa shape index (κ3) is 5.57. The molecule has 1 N–H and O–H groups in total. The Kier molecular flexibility index (Phi) is 6.87. The summed E-state index contributed by atoms with van der Waals surface area (Å²) >= 11 is 1.32. The smallest absolute Gasteiger partial charge is 0.234 e. The quantitative estimate of drug-likeness (QED) is 0.555. The van der Waals surface area contributed by atoms with Gasteiger partial charge >= 0.3 is 0 Å². The van der Waals surface area contributed by atoms with Gasteiger partial charge in [-0.3, -0.25) is 4.79 Å². The molecule has 2 aromatic carbocycles. The fourth-order valence-electron chi connectivity index (χ4n) is 2.80. The van der Waals surface area contributed by atoms with Gasteiger partial charge in [0.2, 0.25) is 5.91 Å². The molecule has 8 heteroatoms. The zero-order chi connectivity index (χ0) is 20.8. The molecule has 6 nitrogen and oxygen atoms in total. The Bertz CT molecular complexity index is 989. The van der Waals surface area contributed by atoms with Gasteiger partial charge in [-0.15, -0.1) is 10.2 Å². The van der Waals surface area contributed by atoms with Crippen molar-refractivity contribution in [2.45, 2.75) is 39.1 Å². The normalized spacial score (nSPS) is 10.8. The lowest BCUT2D eigenvalue weighted by molar-refractivity contribution is -0.113. The Morgan fingerprint density at radius 1 is 1.17 bits per heavy atom. The Hall–Kier alpha value is -2.87. The number of thioether (sulfide) groups is 1. The molecule has 0 radical (unpaired) electrons. The SMILES string of the molecule is CCn1c(COc2ccc(F)cc2)nnc1SCC(=O)Nc1ccc(C)cc1C. The second-order valence-electron chi connectivity index (χ2n) is 6.54. The van der Waals surface area contributed by atoms with Crippen molar-refractivity contribution in [3.63, 3.8) is 0 Å². The van der Waals surface area contributed by atoms with Gasteiger partial charge in [0.1, 0.15) is 18.2 Å². The van der Waals surface area contributed by atoms with Gasteiger partial charge in [0, 0.05) is 12.2 Å². The Labute approximate surface area is 173 Å². The maximum Gasteiger partial charge on any atom is 0.234 e. The van der Waals surface area contributed by atoms with E-state index in [4.69, 9.17) is 4.74 Å². The van der Waals surface area contributed by atoms with E-state index < -0.39 is 0 Å². The van der Waals surface area contributed by atoms with Crippen molar-refractivity contribution in [2.75, 3.05) is 11.1 Å². The van der Waals surface area contributed by atoms with Crippen LogP contribution >= 0.6 is 11.8 Å². The molecular formula is C21H23FN4O2S. The van der Waals surface area contributed by atoms with E-state index >= 15 is 0 Å². The van der Waals surface area contributed by atoms with E-state index in [1.165, 1.54) is 23.9 Å². The predicted molar refractivity (Wildman–Crippen MR) is 112 cm³/mol. The Morgan fingerprint density at radius 2 is 1.93 bits per heavy atom. The zero-order valence-corrected chi connectivity index (χ0v) is 17.4. The van der Waals surface area contributed by atoms with Crippen LogP contribution in [-0.4, -0.2) is 26.4 Å². The molecule has 0 saturated heterocycles. The lowest BCUT2D eigenvalue weighted by Crippen LogP contribution is -2.15. The second-order valence-corrected chi connectivity index (χ2v) is 7.48. The first kappa shape index (κ1) is 20.9. The third-order valence-corrected chi connectivity index (χ3v) is 5.25. The molecule has 152 valence electrons. The number of halogens is 1. The number of nitrogens with zero attached hydrogens (tertiary/aromatic N) is 3. The van der Waals surface area contributed by atoms with Crippen molar-refractivity contribution >= 4 is 23.4 Å². The predicted octanol–water partition coefficient (Wildman–Crippen LogP) is 4.36. The van der Waals surface area contributed by atoms with Crippen LogP contribution in [0.15, 0.2) is 47.6 Å². The van der Waals surface area contributed by atoms with E-state index in [0.29, 0.717) is 23.3 Å². The lowest BCUT2D eigenvalue weighted by Gasteiger charge is -2.10. The number of carbonyl (C=O) groups excluding carboxylic acids is 1. The van der Waals surface area contributed by atoms with E-state index in [-0.39, 0.29) is 24.1 Å². The summed E-state index contributed by atoms with van der Waals surface area (Å²) < 4.78 is 20.5. The molecule has 3 rings (SSSR count). The number of aryl methyl sites for hydroxylation is 2. The van der Waals surface area contributed by atoms with E-state index in [2.05, 4.69) is 15.5 Å². The number of anilines is 1. The minimum absolute atomic E-state index is 0.100. The molecule has 1 heterocycles. The van der Waals surface area contributed by atoms with Crippen LogP contribution in [0.4, 0.5) is 10.1 Å². The Morgan fingerprint density at radius 3 is 2.62 bits per heavy atom. The molecule has 0 fully saturated rings. The van der Waals surface area contributed by atoms with Crippen LogP contribution in [0.3, 0.4) is 0 Å². The molecule has 0 unspecified atom stereocenters. The highest BCUT2D eigenvalue weighted by Gasteiger charge is 2.14. The maximum absolute atomic E-state index is 13.0. The number of aromatic nitrogens is 3. The van der Waals surface area contributed by atoms with Crippen LogP contribution in [0.1, 0.15) is 23.9 Å². The molecule has 0 aliphatic rings. The van der Waals surface area contributed by atoms with Crippen molar-refractivity contribution in [1.29, 1.82) is 0 Å². The minimum atomic E-state index is -0.313. The van der Waals surface area contributed by atoms with Crippen molar-refractivity contribution in [2.24, 2.45) is 0 Å². The van der Waals surface area contributed by atoms with Gasteiger partial charge in [0.25, 0.3) is 0 Å². The number of nitrogens with one attached hydrogen (secondary N) is 1. The second kappa shape index (κ2) is 9.56. The molecule has 0 aliphatic carbocycles. The molecule has 0 spiro atoms. The van der Waals surface area contributed by atoms with Crippen LogP contribution in [0.2, 0.25) is 0 Å². The van der Waals surface area contributed by atoms with E-state index in [9.17, 15) is 9.18 Å². The molecule has 1 amide bonds. The first-order chi connectivity index (χ1) is 14.0. The molecule has 29 heavy (non-hydrogen) atoms. The molecule has 0 aliphatic heterocycles. The number of amides is 1. The highest BCUT2D eigenvalue weighted by atomic mass is 32.2. The number of benzene rings is 2. The van der Waals surface area contributed by atoms with Crippen molar-refractivity contribution in [3.05, 3.63) is 65.2 Å². The highest BCUT2D eigenvalue weighted by molar-refractivity contribution is 7.99. The van der Waals surface area contributed by atoms with Crippen molar-refractivity contribution < 1.29 is 13.9 Å². The highest BCUT2D eigenvalue weighted by Crippen LogP contribution is 2.20. The van der Waals surface area contributed by atoms with Crippen LogP contribution < -0.4 is 10.1 Å². The van der Waals surface area contributed by atoms with Crippen molar-refractivity contribution in [3.8, 4) is 5.75 Å². The average Bonchev–Trinajstić information content (AvgIpc) is 3.10. The minimum Gasteiger partial charge on any atom is -0.486 e. The zero-order valence-electron chi connectivity index (χ0n) is 16.6. The maximum atomic E-state index is 13.0. The fraction of sp³-hybridized carbons (Fsp3) is 0.286. The van der Waals surface area contributed by atoms with Gasteiger partial charge in [0.15, 0.2) is 11.0 Å². The average molecular weight is 415 g/mol. The molecule has 0 saturated carbocycles.